The Morgan fingerprint density at radius 1 is 1.44 bits per heavy atom. The topological polar surface area (TPSA) is 44.5 Å². The molecule has 0 aliphatic heterocycles. The van der Waals surface area contributed by atoms with Crippen molar-refractivity contribution in [3.63, 3.8) is 0 Å². The van der Waals surface area contributed by atoms with Gasteiger partial charge in [-0.05, 0) is 25.1 Å². The molecule has 0 aliphatic carbocycles. The fraction of sp³-hybridized carbons (Fsp3) is 0.364. The molecule has 0 saturated carbocycles. The Balaban J connectivity index is 2.57. The molecule has 5 heteroatoms. The predicted molar refractivity (Wildman–Crippen MR) is 64.3 cm³/mol. The fourth-order valence-corrected chi connectivity index (χ4v) is 1.25. The summed E-state index contributed by atoms with van der Waals surface area (Å²) in [6.07, 6.45) is 0. The number of hydrogen-bond donors (Lipinski definition) is 1. The van der Waals surface area contributed by atoms with Crippen LogP contribution in [0, 0.1) is 5.82 Å². The monoisotopic (exact) mass is 243 g/mol. The summed E-state index contributed by atoms with van der Waals surface area (Å²) in [4.78, 5) is 0.166. The molecule has 1 aromatic rings. The first-order valence-corrected chi connectivity index (χ1v) is 5.36. The molecule has 1 rings (SSSR count). The van der Waals surface area contributed by atoms with Gasteiger partial charge in [0.05, 0.1) is 6.61 Å². The molecule has 2 N–H and O–H groups in total. The van der Waals surface area contributed by atoms with Crippen LogP contribution in [0.3, 0.4) is 0 Å². The second-order valence-electron chi connectivity index (χ2n) is 3.05. The van der Waals surface area contributed by atoms with E-state index in [1.54, 1.807) is 6.07 Å². The third-order valence-electron chi connectivity index (χ3n) is 1.91. The lowest BCUT2D eigenvalue weighted by Gasteiger charge is -2.08. The Labute approximate surface area is 99.3 Å². The molecule has 0 unspecified atom stereocenters. The molecule has 0 fully saturated rings. The van der Waals surface area contributed by atoms with Crippen molar-refractivity contribution in [1.82, 2.24) is 0 Å². The summed E-state index contributed by atoms with van der Waals surface area (Å²) in [5, 5.41) is 0. The van der Waals surface area contributed by atoms with Crippen LogP contribution in [0.15, 0.2) is 18.2 Å². The Kier molecular flexibility index (Phi) is 5.14. The minimum absolute atomic E-state index is 0.166. The Hall–Kier alpha value is -1.20. The SMILES string of the molecule is CCOCCOc1ccc(C(N)=S)cc1F. The highest BCUT2D eigenvalue weighted by atomic mass is 32.1. The smallest absolute Gasteiger partial charge is 0.165 e. The van der Waals surface area contributed by atoms with Gasteiger partial charge in [0.25, 0.3) is 0 Å². The second-order valence-corrected chi connectivity index (χ2v) is 3.49. The van der Waals surface area contributed by atoms with Gasteiger partial charge < -0.3 is 15.2 Å². The van der Waals surface area contributed by atoms with Crippen LogP contribution >= 0.6 is 12.2 Å². The van der Waals surface area contributed by atoms with Crippen LogP contribution in [0.2, 0.25) is 0 Å². The minimum Gasteiger partial charge on any atom is -0.488 e. The fourth-order valence-electron chi connectivity index (χ4n) is 1.13. The van der Waals surface area contributed by atoms with Crippen LogP contribution in [0.5, 0.6) is 5.75 Å². The molecule has 0 heterocycles. The summed E-state index contributed by atoms with van der Waals surface area (Å²) in [7, 11) is 0. The van der Waals surface area contributed by atoms with Crippen molar-refractivity contribution in [2.24, 2.45) is 5.73 Å². The van der Waals surface area contributed by atoms with Gasteiger partial charge in [0, 0.05) is 12.2 Å². The van der Waals surface area contributed by atoms with Gasteiger partial charge in [0.2, 0.25) is 0 Å². The minimum atomic E-state index is -0.471. The van der Waals surface area contributed by atoms with Crippen molar-refractivity contribution in [2.45, 2.75) is 6.92 Å². The van der Waals surface area contributed by atoms with E-state index in [0.717, 1.165) is 0 Å². The average Bonchev–Trinajstić information content (AvgIpc) is 2.26. The number of hydrogen-bond acceptors (Lipinski definition) is 3. The lowest BCUT2D eigenvalue weighted by atomic mass is 10.2. The molecule has 0 aliphatic rings. The van der Waals surface area contributed by atoms with Crippen molar-refractivity contribution < 1.29 is 13.9 Å². The molecule has 0 radical (unpaired) electrons. The molecular weight excluding hydrogens is 229 g/mol. The van der Waals surface area contributed by atoms with Gasteiger partial charge in [0.1, 0.15) is 11.6 Å². The molecular formula is C11H14FNO2S. The summed E-state index contributed by atoms with van der Waals surface area (Å²) < 4.78 is 23.7. The second kappa shape index (κ2) is 6.40. The number of benzene rings is 1. The van der Waals surface area contributed by atoms with Crippen molar-refractivity contribution in [3.8, 4) is 5.75 Å². The van der Waals surface area contributed by atoms with Crippen LogP contribution in [-0.2, 0) is 4.74 Å². The molecule has 16 heavy (non-hydrogen) atoms. The first kappa shape index (κ1) is 12.9. The van der Waals surface area contributed by atoms with Gasteiger partial charge in [-0.2, -0.15) is 0 Å². The van der Waals surface area contributed by atoms with Crippen LogP contribution in [-0.4, -0.2) is 24.8 Å². The summed E-state index contributed by atoms with van der Waals surface area (Å²) in [6, 6.07) is 4.40. The predicted octanol–water partition coefficient (Wildman–Crippen LogP) is 1.88. The first-order chi connectivity index (χ1) is 7.65. The van der Waals surface area contributed by atoms with Gasteiger partial charge in [-0.25, -0.2) is 4.39 Å². The maximum Gasteiger partial charge on any atom is 0.165 e. The van der Waals surface area contributed by atoms with E-state index in [1.165, 1.54) is 12.1 Å². The van der Waals surface area contributed by atoms with Gasteiger partial charge in [-0.1, -0.05) is 12.2 Å². The zero-order valence-corrected chi connectivity index (χ0v) is 9.85. The summed E-state index contributed by atoms with van der Waals surface area (Å²) in [5.74, 6) is -0.290. The van der Waals surface area contributed by atoms with E-state index in [4.69, 9.17) is 27.4 Å². The molecule has 1 aromatic carbocycles. The average molecular weight is 243 g/mol. The highest BCUT2D eigenvalue weighted by Crippen LogP contribution is 2.18. The van der Waals surface area contributed by atoms with E-state index in [0.29, 0.717) is 25.4 Å². The van der Waals surface area contributed by atoms with Gasteiger partial charge in [-0.15, -0.1) is 0 Å². The Morgan fingerprint density at radius 3 is 2.75 bits per heavy atom. The molecule has 0 amide bonds. The van der Waals surface area contributed by atoms with Crippen molar-refractivity contribution in [2.75, 3.05) is 19.8 Å². The van der Waals surface area contributed by atoms with Crippen molar-refractivity contribution in [1.29, 1.82) is 0 Å². The molecule has 0 spiro atoms. The lowest BCUT2D eigenvalue weighted by molar-refractivity contribution is 0.108. The Bertz CT molecular complexity index is 371. The largest absolute Gasteiger partial charge is 0.488 e. The van der Waals surface area contributed by atoms with E-state index in [2.05, 4.69) is 0 Å². The van der Waals surface area contributed by atoms with E-state index < -0.39 is 5.82 Å². The van der Waals surface area contributed by atoms with Gasteiger partial charge in [0.15, 0.2) is 11.6 Å². The number of ether oxygens (including phenoxy) is 2. The number of thiocarbonyl (C=S) groups is 1. The maximum atomic E-state index is 13.4. The Morgan fingerprint density at radius 2 is 2.19 bits per heavy atom. The van der Waals surface area contributed by atoms with E-state index in [-0.39, 0.29) is 10.7 Å². The van der Waals surface area contributed by atoms with E-state index in [1.807, 2.05) is 6.92 Å². The number of nitrogens with two attached hydrogens (primary N) is 1. The lowest BCUT2D eigenvalue weighted by Crippen LogP contribution is -2.11. The van der Waals surface area contributed by atoms with Crippen LogP contribution in [0.4, 0.5) is 4.39 Å². The molecule has 0 bridgehead atoms. The molecule has 0 saturated heterocycles. The summed E-state index contributed by atoms with van der Waals surface area (Å²) in [6.45, 7) is 3.26. The number of halogens is 1. The standard InChI is InChI=1S/C11H14FNO2S/c1-2-14-5-6-15-10-4-3-8(11(13)16)7-9(10)12/h3-4,7H,2,5-6H2,1H3,(H2,13,16). The first-order valence-electron chi connectivity index (χ1n) is 4.95. The highest BCUT2D eigenvalue weighted by molar-refractivity contribution is 7.80. The van der Waals surface area contributed by atoms with Crippen LogP contribution < -0.4 is 10.5 Å². The zero-order valence-electron chi connectivity index (χ0n) is 9.03. The van der Waals surface area contributed by atoms with Gasteiger partial charge in [-0.3, -0.25) is 0 Å². The molecule has 3 nitrogen and oxygen atoms in total. The highest BCUT2D eigenvalue weighted by Gasteiger charge is 2.05. The van der Waals surface area contributed by atoms with E-state index in [9.17, 15) is 4.39 Å². The molecule has 0 atom stereocenters. The van der Waals surface area contributed by atoms with Crippen molar-refractivity contribution in [3.05, 3.63) is 29.6 Å². The molecule has 88 valence electrons. The zero-order chi connectivity index (χ0) is 12.0. The van der Waals surface area contributed by atoms with Crippen molar-refractivity contribution >= 4 is 17.2 Å². The van der Waals surface area contributed by atoms with Crippen LogP contribution in [0.25, 0.3) is 0 Å². The summed E-state index contributed by atoms with van der Waals surface area (Å²) in [5.41, 5.74) is 5.87. The third kappa shape index (κ3) is 3.75. The maximum absolute atomic E-state index is 13.4. The third-order valence-corrected chi connectivity index (χ3v) is 2.14. The normalized spacial score (nSPS) is 10.1. The quantitative estimate of drug-likeness (QED) is 0.612. The molecule has 0 aromatic heterocycles. The van der Waals surface area contributed by atoms with Gasteiger partial charge >= 0.3 is 0 Å². The van der Waals surface area contributed by atoms with E-state index >= 15 is 0 Å². The summed E-state index contributed by atoms with van der Waals surface area (Å²) >= 11 is 4.74. The number of rotatable bonds is 6. The van der Waals surface area contributed by atoms with Crippen LogP contribution in [0.1, 0.15) is 12.5 Å².